The Kier molecular flexibility index (Phi) is 4.17. The molecule has 2 fully saturated rings. The highest BCUT2D eigenvalue weighted by atomic mass is 16.5. The van der Waals surface area contributed by atoms with Crippen molar-refractivity contribution in [3.05, 3.63) is 18.5 Å². The minimum Gasteiger partial charge on any atom is -0.373 e. The maximum Gasteiger partial charge on any atom is 0.222 e. The zero-order valence-electron chi connectivity index (χ0n) is 12.2. The van der Waals surface area contributed by atoms with Crippen LogP contribution < -0.4 is 5.32 Å². The molecule has 0 aromatic carbocycles. The maximum absolute atomic E-state index is 6.15. The summed E-state index contributed by atoms with van der Waals surface area (Å²) >= 11 is 0. The summed E-state index contributed by atoms with van der Waals surface area (Å²) in [7, 11) is 0. The molecule has 1 aromatic rings. The second kappa shape index (κ2) is 6.06. The number of hydrogen-bond acceptors (Lipinski definition) is 5. The van der Waals surface area contributed by atoms with E-state index >= 15 is 0 Å². The number of likely N-dealkylation sites (tertiary alicyclic amines) is 1. The Morgan fingerprint density at radius 1 is 1.35 bits per heavy atom. The number of hydrogen-bond donors (Lipinski definition) is 1. The average molecular weight is 276 g/mol. The molecule has 0 aliphatic carbocycles. The number of nitrogens with zero attached hydrogens (tertiary/aromatic N) is 3. The van der Waals surface area contributed by atoms with Gasteiger partial charge < -0.3 is 15.0 Å². The number of rotatable bonds is 4. The van der Waals surface area contributed by atoms with Crippen molar-refractivity contribution < 1.29 is 4.74 Å². The van der Waals surface area contributed by atoms with Crippen LogP contribution in [-0.4, -0.2) is 52.8 Å². The van der Waals surface area contributed by atoms with Gasteiger partial charge in [-0.15, -0.1) is 0 Å². The van der Waals surface area contributed by atoms with Gasteiger partial charge in [0.1, 0.15) is 0 Å². The van der Waals surface area contributed by atoms with E-state index in [0.717, 1.165) is 25.9 Å². The lowest BCUT2D eigenvalue weighted by Crippen LogP contribution is -2.44. The highest BCUT2D eigenvalue weighted by Gasteiger charge is 2.42. The molecule has 20 heavy (non-hydrogen) atoms. The fourth-order valence-corrected chi connectivity index (χ4v) is 3.34. The van der Waals surface area contributed by atoms with Crippen LogP contribution in [0.3, 0.4) is 0 Å². The normalized spacial score (nSPS) is 25.9. The average Bonchev–Trinajstić information content (AvgIpc) is 2.86. The summed E-state index contributed by atoms with van der Waals surface area (Å²) in [5, 5.41) is 3.39. The van der Waals surface area contributed by atoms with Crippen molar-refractivity contribution in [3.8, 4) is 0 Å². The molecule has 3 rings (SSSR count). The van der Waals surface area contributed by atoms with Crippen molar-refractivity contribution in [1.29, 1.82) is 0 Å². The zero-order valence-corrected chi connectivity index (χ0v) is 12.2. The predicted molar refractivity (Wildman–Crippen MR) is 78.7 cm³/mol. The van der Waals surface area contributed by atoms with E-state index in [1.165, 1.54) is 26.1 Å². The Balaban J connectivity index is 1.52. The van der Waals surface area contributed by atoms with E-state index in [4.69, 9.17) is 4.74 Å². The Morgan fingerprint density at radius 3 is 2.80 bits per heavy atom. The molecule has 2 saturated heterocycles. The van der Waals surface area contributed by atoms with E-state index in [1.54, 1.807) is 12.4 Å². The molecule has 1 N–H and O–H groups in total. The molecule has 5 nitrogen and oxygen atoms in total. The van der Waals surface area contributed by atoms with E-state index in [2.05, 4.69) is 27.1 Å². The van der Waals surface area contributed by atoms with Crippen molar-refractivity contribution in [2.75, 3.05) is 31.6 Å². The van der Waals surface area contributed by atoms with Gasteiger partial charge in [0.2, 0.25) is 5.95 Å². The lowest BCUT2D eigenvalue weighted by Gasteiger charge is -2.38. The van der Waals surface area contributed by atoms with Crippen LogP contribution in [0, 0.1) is 0 Å². The topological polar surface area (TPSA) is 50.3 Å². The molecule has 2 aliphatic heterocycles. The van der Waals surface area contributed by atoms with Crippen molar-refractivity contribution in [2.24, 2.45) is 0 Å². The highest BCUT2D eigenvalue weighted by Crippen LogP contribution is 2.36. The van der Waals surface area contributed by atoms with Crippen LogP contribution in [0.1, 0.15) is 32.6 Å². The van der Waals surface area contributed by atoms with E-state index in [9.17, 15) is 0 Å². The Morgan fingerprint density at radius 2 is 2.10 bits per heavy atom. The zero-order chi connectivity index (χ0) is 13.8. The highest BCUT2D eigenvalue weighted by molar-refractivity contribution is 5.25. The quantitative estimate of drug-likeness (QED) is 0.910. The third kappa shape index (κ3) is 3.10. The second-order valence-corrected chi connectivity index (χ2v) is 5.95. The van der Waals surface area contributed by atoms with E-state index in [-0.39, 0.29) is 5.60 Å². The Labute approximate surface area is 120 Å². The fourth-order valence-electron chi connectivity index (χ4n) is 3.34. The maximum atomic E-state index is 6.15. The lowest BCUT2D eigenvalue weighted by molar-refractivity contribution is -0.0432. The Hall–Kier alpha value is -1.20. The van der Waals surface area contributed by atoms with Crippen LogP contribution in [0.25, 0.3) is 0 Å². The molecule has 2 aliphatic rings. The summed E-state index contributed by atoms with van der Waals surface area (Å²) in [5.74, 6) is 0.710. The third-order valence-corrected chi connectivity index (χ3v) is 4.42. The molecule has 1 aromatic heterocycles. The van der Waals surface area contributed by atoms with Crippen LogP contribution in [-0.2, 0) is 4.74 Å². The number of anilines is 1. The third-order valence-electron chi connectivity index (χ3n) is 4.42. The van der Waals surface area contributed by atoms with Gasteiger partial charge in [0, 0.05) is 25.5 Å². The van der Waals surface area contributed by atoms with Gasteiger partial charge >= 0.3 is 0 Å². The summed E-state index contributed by atoms with van der Waals surface area (Å²) < 4.78 is 6.15. The van der Waals surface area contributed by atoms with Crippen LogP contribution in [0.4, 0.5) is 5.95 Å². The van der Waals surface area contributed by atoms with Gasteiger partial charge in [-0.3, -0.25) is 0 Å². The van der Waals surface area contributed by atoms with Crippen molar-refractivity contribution >= 4 is 5.95 Å². The lowest BCUT2D eigenvalue weighted by atomic mass is 9.87. The molecule has 0 radical (unpaired) electrons. The van der Waals surface area contributed by atoms with Gasteiger partial charge in [-0.05, 0) is 38.3 Å². The molecule has 0 bridgehead atoms. The molecular weight excluding hydrogens is 252 g/mol. The summed E-state index contributed by atoms with van der Waals surface area (Å²) in [6.07, 6.45) is 8.16. The molecular formula is C15H24N4O. The van der Waals surface area contributed by atoms with Gasteiger partial charge in [-0.25, -0.2) is 9.97 Å². The minimum absolute atomic E-state index is 0.0939. The van der Waals surface area contributed by atoms with Gasteiger partial charge in [-0.2, -0.15) is 0 Å². The van der Waals surface area contributed by atoms with E-state index < -0.39 is 0 Å². The predicted octanol–water partition coefficient (Wildman–Crippen LogP) is 1.92. The first kappa shape index (κ1) is 13.8. The van der Waals surface area contributed by atoms with E-state index in [1.807, 2.05) is 6.07 Å². The second-order valence-electron chi connectivity index (χ2n) is 5.95. The number of piperidine rings is 1. The standard InChI is InChI=1S/C15H24N4O/c1-2-8-19-9-4-15(5-10-19)11-13(12-20-15)18-14-16-6-3-7-17-14/h3,6-7,13H,2,4-5,8-12H2,1H3,(H,16,17,18)/t13-/m0/s1. The van der Waals surface area contributed by atoms with Gasteiger partial charge in [0.25, 0.3) is 0 Å². The summed E-state index contributed by atoms with van der Waals surface area (Å²) in [5.41, 5.74) is 0.0939. The Bertz CT molecular complexity index is 417. The van der Waals surface area contributed by atoms with Gasteiger partial charge in [0.15, 0.2) is 0 Å². The van der Waals surface area contributed by atoms with Crippen molar-refractivity contribution in [3.63, 3.8) is 0 Å². The molecule has 1 atom stereocenters. The van der Waals surface area contributed by atoms with Crippen LogP contribution >= 0.6 is 0 Å². The van der Waals surface area contributed by atoms with Crippen LogP contribution in [0.5, 0.6) is 0 Å². The first-order valence-corrected chi connectivity index (χ1v) is 7.69. The molecule has 5 heteroatoms. The smallest absolute Gasteiger partial charge is 0.222 e. The molecule has 110 valence electrons. The first-order chi connectivity index (χ1) is 9.80. The molecule has 0 saturated carbocycles. The largest absolute Gasteiger partial charge is 0.373 e. The van der Waals surface area contributed by atoms with E-state index in [0.29, 0.717) is 12.0 Å². The molecule has 3 heterocycles. The first-order valence-electron chi connectivity index (χ1n) is 7.69. The monoisotopic (exact) mass is 276 g/mol. The van der Waals surface area contributed by atoms with Crippen LogP contribution in [0.2, 0.25) is 0 Å². The summed E-state index contributed by atoms with van der Waals surface area (Å²) in [6, 6.07) is 2.18. The number of aromatic nitrogens is 2. The number of ether oxygens (including phenoxy) is 1. The molecule has 0 amide bonds. The SMILES string of the molecule is CCCN1CCC2(CC1)C[C@H](Nc1ncccn1)CO2. The summed E-state index contributed by atoms with van der Waals surface area (Å²) in [6.45, 7) is 6.57. The molecule has 0 unspecified atom stereocenters. The fraction of sp³-hybridized carbons (Fsp3) is 0.733. The van der Waals surface area contributed by atoms with Crippen molar-refractivity contribution in [1.82, 2.24) is 14.9 Å². The summed E-state index contributed by atoms with van der Waals surface area (Å²) in [4.78, 5) is 11.0. The van der Waals surface area contributed by atoms with Gasteiger partial charge in [-0.1, -0.05) is 6.92 Å². The van der Waals surface area contributed by atoms with Crippen molar-refractivity contribution in [2.45, 2.75) is 44.2 Å². The number of nitrogens with one attached hydrogen (secondary N) is 1. The van der Waals surface area contributed by atoms with Crippen LogP contribution in [0.15, 0.2) is 18.5 Å². The minimum atomic E-state index is 0.0939. The van der Waals surface area contributed by atoms with Gasteiger partial charge in [0.05, 0.1) is 18.2 Å². The molecule has 1 spiro atoms.